The van der Waals surface area contributed by atoms with Crippen LogP contribution in [-0.2, 0) is 9.63 Å². The molecule has 0 aliphatic heterocycles. The summed E-state index contributed by atoms with van der Waals surface area (Å²) in [6.45, 7) is 2.21. The molecule has 17 heavy (non-hydrogen) atoms. The third-order valence-electron chi connectivity index (χ3n) is 2.22. The summed E-state index contributed by atoms with van der Waals surface area (Å²) in [4.78, 5) is 14.5. The van der Waals surface area contributed by atoms with E-state index in [1.807, 2.05) is 5.48 Å². The van der Waals surface area contributed by atoms with Gasteiger partial charge >= 0.3 is 0 Å². The van der Waals surface area contributed by atoms with E-state index in [1.54, 1.807) is 6.92 Å². The van der Waals surface area contributed by atoms with Crippen molar-refractivity contribution in [3.05, 3.63) is 35.4 Å². The van der Waals surface area contributed by atoms with Gasteiger partial charge in [-0.25, -0.2) is 14.3 Å². The molecule has 4 nitrogen and oxygen atoms in total. The van der Waals surface area contributed by atoms with E-state index in [0.717, 1.165) is 0 Å². The minimum Gasteiger partial charge on any atom is -0.308 e. The number of hydrogen-bond donors (Lipinski definition) is 2. The Morgan fingerprint density at radius 3 is 2.65 bits per heavy atom. The number of rotatable bonds is 7. The molecular formula is C11H14F2N2O2. The Hall–Kier alpha value is -1.53. The topological polar surface area (TPSA) is 50.4 Å². The van der Waals surface area contributed by atoms with Gasteiger partial charge in [0.1, 0.15) is 11.6 Å². The van der Waals surface area contributed by atoms with E-state index in [-0.39, 0.29) is 12.2 Å². The van der Waals surface area contributed by atoms with Gasteiger partial charge in [0.05, 0.1) is 6.61 Å². The van der Waals surface area contributed by atoms with Crippen LogP contribution in [0.4, 0.5) is 8.78 Å². The number of halogens is 2. The molecule has 0 aromatic heterocycles. The molecule has 0 aliphatic rings. The summed E-state index contributed by atoms with van der Waals surface area (Å²) >= 11 is 0. The summed E-state index contributed by atoms with van der Waals surface area (Å²) in [5, 5.41) is 2.88. The Kier molecular flexibility index (Phi) is 5.51. The predicted molar refractivity (Wildman–Crippen MR) is 57.9 cm³/mol. The first-order chi connectivity index (χ1) is 8.16. The molecule has 0 saturated carbocycles. The van der Waals surface area contributed by atoms with E-state index >= 15 is 0 Å². The lowest BCUT2D eigenvalue weighted by molar-refractivity contribution is -0.120. The van der Waals surface area contributed by atoms with Crippen molar-refractivity contribution >= 4 is 6.41 Å². The average molecular weight is 244 g/mol. The van der Waals surface area contributed by atoms with Gasteiger partial charge < -0.3 is 5.32 Å². The van der Waals surface area contributed by atoms with Crippen LogP contribution in [0.1, 0.15) is 18.5 Å². The first kappa shape index (κ1) is 13.5. The van der Waals surface area contributed by atoms with Crippen molar-refractivity contribution in [1.82, 2.24) is 10.8 Å². The van der Waals surface area contributed by atoms with Gasteiger partial charge in [-0.1, -0.05) is 6.07 Å². The molecule has 0 saturated heterocycles. The van der Waals surface area contributed by atoms with Crippen LogP contribution in [-0.4, -0.2) is 19.6 Å². The van der Waals surface area contributed by atoms with E-state index in [4.69, 9.17) is 0 Å². The molecule has 94 valence electrons. The van der Waals surface area contributed by atoms with Crippen LogP contribution >= 0.6 is 0 Å². The minimum absolute atomic E-state index is 0.00385. The Labute approximate surface area is 97.9 Å². The van der Waals surface area contributed by atoms with E-state index in [2.05, 4.69) is 10.2 Å². The second-order valence-electron chi connectivity index (χ2n) is 3.40. The highest BCUT2D eigenvalue weighted by atomic mass is 19.1. The Balaban J connectivity index is 2.46. The van der Waals surface area contributed by atoms with Crippen LogP contribution in [0.25, 0.3) is 0 Å². The minimum atomic E-state index is -0.586. The fourth-order valence-corrected chi connectivity index (χ4v) is 1.45. The van der Waals surface area contributed by atoms with Crippen molar-refractivity contribution in [3.63, 3.8) is 0 Å². The smallest absolute Gasteiger partial charge is 0.230 e. The van der Waals surface area contributed by atoms with Gasteiger partial charge in [0.2, 0.25) is 6.41 Å². The number of carbonyl (C=O) groups excluding carboxylic acids is 1. The van der Waals surface area contributed by atoms with Crippen molar-refractivity contribution in [1.29, 1.82) is 0 Å². The van der Waals surface area contributed by atoms with Crippen LogP contribution in [0, 0.1) is 11.6 Å². The number of carbonyl (C=O) groups is 1. The Morgan fingerprint density at radius 1 is 1.41 bits per heavy atom. The van der Waals surface area contributed by atoms with Crippen LogP contribution < -0.4 is 10.8 Å². The van der Waals surface area contributed by atoms with Gasteiger partial charge in [-0.15, -0.1) is 0 Å². The third-order valence-corrected chi connectivity index (χ3v) is 2.22. The molecule has 1 aromatic rings. The van der Waals surface area contributed by atoms with Gasteiger partial charge in [0, 0.05) is 18.2 Å². The van der Waals surface area contributed by atoms with Crippen molar-refractivity contribution in [2.24, 2.45) is 0 Å². The highest BCUT2D eigenvalue weighted by Crippen LogP contribution is 2.19. The van der Waals surface area contributed by atoms with E-state index in [9.17, 15) is 13.6 Å². The summed E-state index contributed by atoms with van der Waals surface area (Å²) in [5.74, 6) is -1.17. The molecule has 1 amide bonds. The molecule has 1 rings (SSSR count). The maximum absolute atomic E-state index is 13.4. The normalized spacial score (nSPS) is 12.2. The average Bonchev–Trinajstić information content (AvgIpc) is 2.28. The van der Waals surface area contributed by atoms with Gasteiger partial charge in [-0.05, 0) is 19.1 Å². The van der Waals surface area contributed by atoms with Crippen molar-refractivity contribution in [2.45, 2.75) is 13.0 Å². The summed E-state index contributed by atoms with van der Waals surface area (Å²) in [6.07, 6.45) is 0.403. The predicted octanol–water partition coefficient (Wildman–Crippen LogP) is 1.29. The molecule has 1 atom stereocenters. The summed E-state index contributed by atoms with van der Waals surface area (Å²) in [6, 6.07) is 3.26. The van der Waals surface area contributed by atoms with Crippen molar-refractivity contribution in [2.75, 3.05) is 13.2 Å². The number of amides is 1. The first-order valence-corrected chi connectivity index (χ1v) is 5.15. The molecule has 1 aromatic carbocycles. The number of nitrogens with one attached hydrogen (secondary N) is 2. The van der Waals surface area contributed by atoms with Gasteiger partial charge in [-0.2, -0.15) is 0 Å². The molecule has 0 aliphatic carbocycles. The van der Waals surface area contributed by atoms with E-state index in [1.165, 1.54) is 18.2 Å². The molecular weight excluding hydrogens is 230 g/mol. The first-order valence-electron chi connectivity index (χ1n) is 5.15. The maximum Gasteiger partial charge on any atom is 0.230 e. The van der Waals surface area contributed by atoms with E-state index < -0.39 is 17.7 Å². The third kappa shape index (κ3) is 4.08. The second-order valence-corrected chi connectivity index (χ2v) is 3.40. The van der Waals surface area contributed by atoms with Gasteiger partial charge in [-0.3, -0.25) is 9.63 Å². The fourth-order valence-electron chi connectivity index (χ4n) is 1.45. The van der Waals surface area contributed by atoms with E-state index in [0.29, 0.717) is 13.0 Å². The Morgan fingerprint density at radius 2 is 2.06 bits per heavy atom. The fraction of sp³-hybridized carbons (Fsp3) is 0.364. The summed E-state index contributed by atoms with van der Waals surface area (Å²) in [7, 11) is 0. The zero-order valence-corrected chi connectivity index (χ0v) is 9.37. The molecule has 2 N–H and O–H groups in total. The largest absolute Gasteiger partial charge is 0.308 e. The van der Waals surface area contributed by atoms with Crippen LogP contribution in [0.3, 0.4) is 0 Å². The zero-order valence-electron chi connectivity index (χ0n) is 9.37. The van der Waals surface area contributed by atoms with Crippen LogP contribution in [0.2, 0.25) is 0 Å². The lowest BCUT2D eigenvalue weighted by Gasteiger charge is -2.15. The SMILES string of the molecule is CC(NCCONC=O)c1c(F)cccc1F. The number of hydrogen-bond acceptors (Lipinski definition) is 3. The van der Waals surface area contributed by atoms with Crippen LogP contribution in [0.5, 0.6) is 0 Å². The van der Waals surface area contributed by atoms with Crippen LogP contribution in [0.15, 0.2) is 18.2 Å². The lowest BCUT2D eigenvalue weighted by Crippen LogP contribution is -2.27. The molecule has 0 fully saturated rings. The quantitative estimate of drug-likeness (QED) is 0.432. The molecule has 0 bridgehead atoms. The molecule has 0 heterocycles. The van der Waals surface area contributed by atoms with Gasteiger partial charge in [0.15, 0.2) is 0 Å². The molecule has 0 spiro atoms. The number of benzene rings is 1. The molecule has 1 unspecified atom stereocenters. The number of hydroxylamine groups is 1. The zero-order chi connectivity index (χ0) is 12.7. The summed E-state index contributed by atoms with van der Waals surface area (Å²) in [5.41, 5.74) is 2.01. The van der Waals surface area contributed by atoms with Crippen molar-refractivity contribution in [3.8, 4) is 0 Å². The Bertz CT molecular complexity index is 354. The second kappa shape index (κ2) is 6.93. The maximum atomic E-state index is 13.4. The molecule has 6 heteroatoms. The standard InChI is InChI=1S/C11H14F2N2O2/c1-8(14-5-6-17-15-7-16)11-9(12)3-2-4-10(11)13/h2-4,7-8,14H,5-6H2,1H3,(H,15,16). The van der Waals surface area contributed by atoms with Gasteiger partial charge in [0.25, 0.3) is 0 Å². The highest BCUT2D eigenvalue weighted by Gasteiger charge is 2.14. The summed E-state index contributed by atoms with van der Waals surface area (Å²) < 4.78 is 26.7. The molecule has 0 radical (unpaired) electrons. The highest BCUT2D eigenvalue weighted by molar-refractivity contribution is 5.43. The lowest BCUT2D eigenvalue weighted by atomic mass is 10.1. The monoisotopic (exact) mass is 244 g/mol. The van der Waals surface area contributed by atoms with Crippen molar-refractivity contribution < 1.29 is 18.4 Å².